The third kappa shape index (κ3) is 5.19. The first-order valence-electron chi connectivity index (χ1n) is 9.83. The molecule has 6 heteroatoms. The molecule has 2 aromatic carbocycles. The van der Waals surface area contributed by atoms with Gasteiger partial charge in [0.05, 0.1) is 6.54 Å². The van der Waals surface area contributed by atoms with E-state index < -0.39 is 0 Å². The van der Waals surface area contributed by atoms with Gasteiger partial charge in [-0.2, -0.15) is 4.98 Å². The summed E-state index contributed by atoms with van der Waals surface area (Å²) in [6.07, 6.45) is 2.36. The van der Waals surface area contributed by atoms with Gasteiger partial charge in [0.1, 0.15) is 0 Å². The number of rotatable bonds is 7. The number of aromatic nitrogens is 2. The molecule has 0 unspecified atom stereocenters. The van der Waals surface area contributed by atoms with E-state index in [0.717, 1.165) is 44.7 Å². The molecule has 5 nitrogen and oxygen atoms in total. The van der Waals surface area contributed by atoms with Crippen molar-refractivity contribution in [3.63, 3.8) is 0 Å². The summed E-state index contributed by atoms with van der Waals surface area (Å²) in [5.41, 5.74) is 2.34. The summed E-state index contributed by atoms with van der Waals surface area (Å²) in [4.78, 5) is 9.46. The second kappa shape index (κ2) is 9.32. The Morgan fingerprint density at radius 3 is 2.36 bits per heavy atom. The van der Waals surface area contributed by atoms with Gasteiger partial charge in [0.2, 0.25) is 11.7 Å². The minimum absolute atomic E-state index is 0.617. The Kier molecular flexibility index (Phi) is 6.37. The molecule has 3 aromatic rings. The predicted molar refractivity (Wildman–Crippen MR) is 111 cm³/mol. The molecule has 0 N–H and O–H groups in total. The maximum atomic E-state index is 5.93. The Morgan fingerprint density at radius 2 is 1.61 bits per heavy atom. The average Bonchev–Trinajstić information content (AvgIpc) is 3.19. The molecule has 0 aliphatic carbocycles. The molecule has 2 heterocycles. The largest absolute Gasteiger partial charge is 0.338 e. The van der Waals surface area contributed by atoms with Crippen molar-refractivity contribution >= 4 is 11.6 Å². The first-order chi connectivity index (χ1) is 13.8. The molecule has 0 bridgehead atoms. The van der Waals surface area contributed by atoms with E-state index in [2.05, 4.69) is 50.3 Å². The maximum Gasteiger partial charge on any atom is 0.241 e. The first-order valence-corrected chi connectivity index (χ1v) is 10.2. The van der Waals surface area contributed by atoms with Crippen molar-refractivity contribution in [3.8, 4) is 11.4 Å². The Labute approximate surface area is 170 Å². The lowest BCUT2D eigenvalue weighted by Gasteiger charge is -2.33. The number of piperazine rings is 1. The molecule has 1 fully saturated rings. The standard InChI is InChI=1S/C22H25ClN4O/c23-20-10-8-19(9-11-20)22-24-21(28-25-22)17-27-15-13-26(14-16-27)12-4-7-18-5-2-1-3-6-18/h1-3,5-6,8-11H,4,7,12-17H2. The van der Waals surface area contributed by atoms with Crippen molar-refractivity contribution in [2.24, 2.45) is 0 Å². The maximum absolute atomic E-state index is 5.93. The van der Waals surface area contributed by atoms with Gasteiger partial charge in [-0.15, -0.1) is 0 Å². The molecule has 0 atom stereocenters. The van der Waals surface area contributed by atoms with Gasteiger partial charge in [0, 0.05) is 36.8 Å². The van der Waals surface area contributed by atoms with Crippen molar-refractivity contribution in [1.29, 1.82) is 0 Å². The van der Waals surface area contributed by atoms with Crippen LogP contribution in [0.5, 0.6) is 0 Å². The summed E-state index contributed by atoms with van der Waals surface area (Å²) in [5.74, 6) is 1.29. The Balaban J connectivity index is 1.21. The minimum Gasteiger partial charge on any atom is -0.338 e. The van der Waals surface area contributed by atoms with E-state index in [4.69, 9.17) is 16.1 Å². The molecule has 4 rings (SSSR count). The van der Waals surface area contributed by atoms with E-state index in [9.17, 15) is 0 Å². The zero-order chi connectivity index (χ0) is 19.2. The molecule has 0 spiro atoms. The molecule has 1 saturated heterocycles. The SMILES string of the molecule is Clc1ccc(-c2noc(CN3CCN(CCCc4ccccc4)CC3)n2)cc1. The average molecular weight is 397 g/mol. The number of benzene rings is 2. The highest BCUT2D eigenvalue weighted by Gasteiger charge is 2.19. The van der Waals surface area contributed by atoms with Crippen molar-refractivity contribution in [1.82, 2.24) is 19.9 Å². The lowest BCUT2D eigenvalue weighted by atomic mass is 10.1. The second-order valence-electron chi connectivity index (χ2n) is 7.23. The molecule has 0 radical (unpaired) electrons. The van der Waals surface area contributed by atoms with E-state index in [1.54, 1.807) is 0 Å². The number of hydrogen-bond donors (Lipinski definition) is 0. The smallest absolute Gasteiger partial charge is 0.241 e. The molecule has 0 saturated carbocycles. The van der Waals surface area contributed by atoms with E-state index in [-0.39, 0.29) is 0 Å². The van der Waals surface area contributed by atoms with Crippen molar-refractivity contribution in [2.75, 3.05) is 32.7 Å². The number of halogens is 1. The third-order valence-electron chi connectivity index (χ3n) is 5.18. The fourth-order valence-corrected chi connectivity index (χ4v) is 3.68. The van der Waals surface area contributed by atoms with E-state index in [1.165, 1.54) is 12.0 Å². The Bertz CT molecular complexity index is 858. The van der Waals surface area contributed by atoms with Gasteiger partial charge in [0.15, 0.2) is 0 Å². The lowest BCUT2D eigenvalue weighted by molar-refractivity contribution is 0.116. The molecular formula is C22H25ClN4O. The third-order valence-corrected chi connectivity index (χ3v) is 5.43. The van der Waals surface area contributed by atoms with Crippen LogP contribution in [0.15, 0.2) is 59.1 Å². The van der Waals surface area contributed by atoms with E-state index in [0.29, 0.717) is 23.3 Å². The van der Waals surface area contributed by atoms with Crippen LogP contribution in [0.3, 0.4) is 0 Å². The van der Waals surface area contributed by atoms with Crippen LogP contribution < -0.4 is 0 Å². The van der Waals surface area contributed by atoms with Crippen LogP contribution in [0.2, 0.25) is 5.02 Å². The van der Waals surface area contributed by atoms with E-state index >= 15 is 0 Å². The quantitative estimate of drug-likeness (QED) is 0.600. The van der Waals surface area contributed by atoms with Crippen LogP contribution in [0, 0.1) is 0 Å². The molecule has 1 aliphatic heterocycles. The molecule has 28 heavy (non-hydrogen) atoms. The molecule has 0 amide bonds. The zero-order valence-electron chi connectivity index (χ0n) is 15.9. The van der Waals surface area contributed by atoms with Gasteiger partial charge in [-0.1, -0.05) is 47.1 Å². The van der Waals surface area contributed by atoms with Gasteiger partial charge >= 0.3 is 0 Å². The highest BCUT2D eigenvalue weighted by Crippen LogP contribution is 2.19. The van der Waals surface area contributed by atoms with Crippen LogP contribution >= 0.6 is 11.6 Å². The summed E-state index contributed by atoms with van der Waals surface area (Å²) in [7, 11) is 0. The van der Waals surface area contributed by atoms with Gasteiger partial charge in [-0.25, -0.2) is 0 Å². The van der Waals surface area contributed by atoms with Crippen LogP contribution in [0.1, 0.15) is 17.9 Å². The fraction of sp³-hybridized carbons (Fsp3) is 0.364. The summed E-state index contributed by atoms with van der Waals surface area (Å²) < 4.78 is 5.44. The normalized spacial score (nSPS) is 15.8. The van der Waals surface area contributed by atoms with Gasteiger partial charge in [-0.3, -0.25) is 4.90 Å². The minimum atomic E-state index is 0.617. The monoisotopic (exact) mass is 396 g/mol. The summed E-state index contributed by atoms with van der Waals surface area (Å²) in [6.45, 7) is 6.11. The summed E-state index contributed by atoms with van der Waals surface area (Å²) in [6, 6.07) is 18.2. The van der Waals surface area contributed by atoms with Crippen LogP contribution in [-0.2, 0) is 13.0 Å². The van der Waals surface area contributed by atoms with Crippen LogP contribution in [0.4, 0.5) is 0 Å². The molecule has 1 aromatic heterocycles. The first kappa shape index (κ1) is 19.1. The van der Waals surface area contributed by atoms with Gasteiger partial charge in [-0.05, 0) is 49.2 Å². The zero-order valence-corrected chi connectivity index (χ0v) is 16.7. The predicted octanol–water partition coefficient (Wildman–Crippen LogP) is 4.14. The summed E-state index contributed by atoms with van der Waals surface area (Å²) >= 11 is 5.93. The lowest BCUT2D eigenvalue weighted by Crippen LogP contribution is -2.46. The Hall–Kier alpha value is -2.21. The molecular weight excluding hydrogens is 372 g/mol. The highest BCUT2D eigenvalue weighted by molar-refractivity contribution is 6.30. The number of nitrogens with zero attached hydrogens (tertiary/aromatic N) is 4. The number of aryl methyl sites for hydroxylation is 1. The van der Waals surface area contributed by atoms with E-state index in [1.807, 2.05) is 24.3 Å². The fourth-order valence-electron chi connectivity index (χ4n) is 3.55. The molecule has 1 aliphatic rings. The van der Waals surface area contributed by atoms with Gasteiger partial charge in [0.25, 0.3) is 0 Å². The molecule has 146 valence electrons. The summed E-state index contributed by atoms with van der Waals surface area (Å²) in [5, 5.41) is 4.80. The Morgan fingerprint density at radius 1 is 0.893 bits per heavy atom. The van der Waals surface area contributed by atoms with Crippen molar-refractivity contribution < 1.29 is 4.52 Å². The van der Waals surface area contributed by atoms with Crippen molar-refractivity contribution in [2.45, 2.75) is 19.4 Å². The topological polar surface area (TPSA) is 45.4 Å². The number of hydrogen-bond acceptors (Lipinski definition) is 5. The van der Waals surface area contributed by atoms with Gasteiger partial charge < -0.3 is 9.42 Å². The second-order valence-corrected chi connectivity index (χ2v) is 7.66. The van der Waals surface area contributed by atoms with Crippen LogP contribution in [0.25, 0.3) is 11.4 Å². The highest BCUT2D eigenvalue weighted by atomic mass is 35.5. The van der Waals surface area contributed by atoms with Crippen LogP contribution in [-0.4, -0.2) is 52.7 Å². The van der Waals surface area contributed by atoms with Crippen molar-refractivity contribution in [3.05, 3.63) is 71.1 Å².